The van der Waals surface area contributed by atoms with Crippen molar-refractivity contribution in [2.45, 2.75) is 4.90 Å². The van der Waals surface area contributed by atoms with Gasteiger partial charge in [0.1, 0.15) is 11.3 Å². The maximum atomic E-state index is 13.0. The summed E-state index contributed by atoms with van der Waals surface area (Å²) in [4.78, 5) is 12.5. The van der Waals surface area contributed by atoms with Crippen LogP contribution in [0, 0.1) is 0 Å². The van der Waals surface area contributed by atoms with Crippen LogP contribution in [-0.2, 0) is 10.0 Å². The third kappa shape index (κ3) is 2.43. The lowest BCUT2D eigenvalue weighted by Crippen LogP contribution is -2.12. The summed E-state index contributed by atoms with van der Waals surface area (Å²) >= 11 is 0. The highest BCUT2D eigenvalue weighted by molar-refractivity contribution is 7.90. The highest BCUT2D eigenvalue weighted by atomic mass is 32.2. The van der Waals surface area contributed by atoms with Crippen molar-refractivity contribution in [2.24, 2.45) is 0 Å². The molecule has 6 nitrogen and oxygen atoms in total. The van der Waals surface area contributed by atoms with Gasteiger partial charge in [-0.2, -0.15) is 0 Å². The van der Waals surface area contributed by atoms with Gasteiger partial charge < -0.3 is 4.98 Å². The molecule has 0 aliphatic rings. The molecule has 0 unspecified atom stereocenters. The summed E-state index contributed by atoms with van der Waals surface area (Å²) in [6, 6.07) is 19.8. The average molecular weight is 374 g/mol. The first kappa shape index (κ1) is 15.8. The van der Waals surface area contributed by atoms with E-state index in [4.69, 9.17) is 0 Å². The molecule has 0 aliphatic carbocycles. The van der Waals surface area contributed by atoms with Crippen molar-refractivity contribution < 1.29 is 8.42 Å². The number of pyridine rings is 1. The standard InChI is InChI=1S/C20H14N4O2S/c25-27(26,15-9-5-2-6-10-15)24-12-11-16-18-17(13-21-20(16)24)22-19(23-18)14-7-3-1-4-8-14/h1-13H,(H,22,23). The van der Waals surface area contributed by atoms with Gasteiger partial charge in [0, 0.05) is 17.1 Å². The van der Waals surface area contributed by atoms with Crippen molar-refractivity contribution in [3.8, 4) is 11.4 Å². The van der Waals surface area contributed by atoms with Crippen LogP contribution in [0.15, 0.2) is 84.0 Å². The number of aromatic amines is 1. The van der Waals surface area contributed by atoms with E-state index in [1.165, 1.54) is 10.2 Å². The first-order valence-corrected chi connectivity index (χ1v) is 9.80. The summed E-state index contributed by atoms with van der Waals surface area (Å²) in [6.45, 7) is 0. The number of aromatic nitrogens is 4. The summed E-state index contributed by atoms with van der Waals surface area (Å²) in [7, 11) is -3.72. The minimum atomic E-state index is -3.72. The summed E-state index contributed by atoms with van der Waals surface area (Å²) in [6.07, 6.45) is 3.14. The zero-order valence-corrected chi connectivity index (χ0v) is 14.9. The SMILES string of the molecule is O=S(=O)(c1ccccc1)n1ccc2c3nc(-c4ccccc4)[nH]c3cnc21. The summed E-state index contributed by atoms with van der Waals surface area (Å²) in [5.74, 6) is 0.721. The molecular formula is C20H14N4O2S. The molecule has 3 aromatic heterocycles. The van der Waals surface area contributed by atoms with Crippen LogP contribution >= 0.6 is 0 Å². The number of hydrogen-bond donors (Lipinski definition) is 1. The molecule has 0 saturated carbocycles. The van der Waals surface area contributed by atoms with E-state index in [1.54, 1.807) is 42.6 Å². The fourth-order valence-electron chi connectivity index (χ4n) is 3.16. The third-order valence-electron chi connectivity index (χ3n) is 4.48. The minimum absolute atomic E-state index is 0.219. The Morgan fingerprint density at radius 2 is 1.59 bits per heavy atom. The predicted molar refractivity (Wildman–Crippen MR) is 104 cm³/mol. The zero-order valence-electron chi connectivity index (χ0n) is 14.1. The van der Waals surface area contributed by atoms with Crippen molar-refractivity contribution in [1.82, 2.24) is 18.9 Å². The summed E-state index contributed by atoms with van der Waals surface area (Å²) in [5.41, 5.74) is 2.77. The Labute approximate surface area is 155 Å². The van der Waals surface area contributed by atoms with Crippen LogP contribution in [-0.4, -0.2) is 27.3 Å². The summed E-state index contributed by atoms with van der Waals surface area (Å²) in [5, 5.41) is 0.686. The molecule has 0 saturated heterocycles. The van der Waals surface area contributed by atoms with Gasteiger partial charge in [0.25, 0.3) is 10.0 Å². The highest BCUT2D eigenvalue weighted by Crippen LogP contribution is 2.28. The molecule has 27 heavy (non-hydrogen) atoms. The monoisotopic (exact) mass is 374 g/mol. The van der Waals surface area contributed by atoms with Gasteiger partial charge in [0.15, 0.2) is 5.65 Å². The number of H-pyrrole nitrogens is 1. The number of fused-ring (bicyclic) bond motifs is 3. The Morgan fingerprint density at radius 1 is 0.889 bits per heavy atom. The van der Waals surface area contributed by atoms with Gasteiger partial charge in [-0.1, -0.05) is 48.5 Å². The molecule has 132 valence electrons. The average Bonchev–Trinajstić information content (AvgIpc) is 3.33. The van der Waals surface area contributed by atoms with Crippen molar-refractivity contribution >= 4 is 32.1 Å². The fraction of sp³-hybridized carbons (Fsp3) is 0. The zero-order chi connectivity index (χ0) is 18.4. The van der Waals surface area contributed by atoms with Crippen LogP contribution in [0.2, 0.25) is 0 Å². The molecule has 3 heterocycles. The van der Waals surface area contributed by atoms with Gasteiger partial charge in [-0.15, -0.1) is 0 Å². The van der Waals surface area contributed by atoms with Crippen LogP contribution in [0.1, 0.15) is 0 Å². The van der Waals surface area contributed by atoms with Gasteiger partial charge in [-0.3, -0.25) is 0 Å². The Hall–Kier alpha value is -3.45. The van der Waals surface area contributed by atoms with Crippen molar-refractivity contribution in [3.63, 3.8) is 0 Å². The van der Waals surface area contributed by atoms with Gasteiger partial charge in [-0.05, 0) is 18.2 Å². The van der Waals surface area contributed by atoms with E-state index >= 15 is 0 Å². The lowest BCUT2D eigenvalue weighted by atomic mass is 10.2. The third-order valence-corrected chi connectivity index (χ3v) is 6.16. The first-order valence-electron chi connectivity index (χ1n) is 8.36. The second-order valence-corrected chi connectivity index (χ2v) is 7.95. The molecule has 0 amide bonds. The molecule has 1 N–H and O–H groups in total. The molecule has 0 bridgehead atoms. The molecular weight excluding hydrogens is 360 g/mol. The second-order valence-electron chi connectivity index (χ2n) is 6.14. The molecule has 7 heteroatoms. The fourth-order valence-corrected chi connectivity index (χ4v) is 4.48. The normalized spacial score (nSPS) is 12.0. The minimum Gasteiger partial charge on any atom is -0.337 e. The molecule has 0 fully saturated rings. The molecule has 5 aromatic rings. The molecule has 5 rings (SSSR count). The predicted octanol–water partition coefficient (Wildman–Crippen LogP) is 3.82. The number of imidazole rings is 1. The largest absolute Gasteiger partial charge is 0.337 e. The highest BCUT2D eigenvalue weighted by Gasteiger charge is 2.21. The molecule has 0 aliphatic heterocycles. The van der Waals surface area contributed by atoms with Crippen molar-refractivity contribution in [1.29, 1.82) is 0 Å². The number of nitrogens with zero attached hydrogens (tertiary/aromatic N) is 3. The van der Waals surface area contributed by atoms with E-state index in [0.29, 0.717) is 16.6 Å². The lowest BCUT2D eigenvalue weighted by molar-refractivity contribution is 0.589. The number of rotatable bonds is 3. The van der Waals surface area contributed by atoms with E-state index in [0.717, 1.165) is 16.9 Å². The Balaban J connectivity index is 1.72. The van der Waals surface area contributed by atoms with E-state index in [1.807, 2.05) is 30.3 Å². The smallest absolute Gasteiger partial charge is 0.269 e. The van der Waals surface area contributed by atoms with Gasteiger partial charge >= 0.3 is 0 Å². The molecule has 0 radical (unpaired) electrons. The van der Waals surface area contributed by atoms with Crippen LogP contribution in [0.3, 0.4) is 0 Å². The van der Waals surface area contributed by atoms with E-state index < -0.39 is 10.0 Å². The molecule has 0 spiro atoms. The van der Waals surface area contributed by atoms with Crippen LogP contribution in [0.25, 0.3) is 33.5 Å². The number of benzene rings is 2. The maximum Gasteiger partial charge on any atom is 0.269 e. The van der Waals surface area contributed by atoms with Crippen LogP contribution in [0.4, 0.5) is 0 Å². The van der Waals surface area contributed by atoms with Crippen LogP contribution < -0.4 is 0 Å². The Kier molecular flexibility index (Phi) is 3.38. The summed E-state index contributed by atoms with van der Waals surface area (Å²) < 4.78 is 27.1. The van der Waals surface area contributed by atoms with Crippen molar-refractivity contribution in [2.75, 3.05) is 0 Å². The molecule has 2 aromatic carbocycles. The van der Waals surface area contributed by atoms with Gasteiger partial charge in [0.2, 0.25) is 0 Å². The number of hydrogen-bond acceptors (Lipinski definition) is 4. The second kappa shape index (κ2) is 5.78. The van der Waals surface area contributed by atoms with Gasteiger partial charge in [0.05, 0.1) is 16.6 Å². The van der Waals surface area contributed by atoms with Crippen molar-refractivity contribution in [3.05, 3.63) is 79.1 Å². The maximum absolute atomic E-state index is 13.0. The lowest BCUT2D eigenvalue weighted by Gasteiger charge is -2.06. The molecule has 0 atom stereocenters. The topological polar surface area (TPSA) is 80.6 Å². The number of nitrogens with one attached hydrogen (secondary N) is 1. The first-order chi connectivity index (χ1) is 13.1. The van der Waals surface area contributed by atoms with E-state index in [2.05, 4.69) is 15.0 Å². The Morgan fingerprint density at radius 3 is 2.33 bits per heavy atom. The van der Waals surface area contributed by atoms with E-state index in [9.17, 15) is 8.42 Å². The van der Waals surface area contributed by atoms with Crippen LogP contribution in [0.5, 0.6) is 0 Å². The Bertz CT molecular complexity index is 1370. The quantitative estimate of drug-likeness (QED) is 0.521. The van der Waals surface area contributed by atoms with E-state index in [-0.39, 0.29) is 4.90 Å². The van der Waals surface area contributed by atoms with Gasteiger partial charge in [-0.25, -0.2) is 22.4 Å².